The molecule has 0 unspecified atom stereocenters. The minimum absolute atomic E-state index is 0.0613. The molecule has 0 aromatic rings. The number of carbonyl (C=O) groups is 1. The fourth-order valence-electron chi connectivity index (χ4n) is 1.78. The largest absolute Gasteiger partial charge is 0.481 e. The molecule has 0 aromatic carbocycles. The molecular formula is C7H10O3. The van der Waals surface area contributed by atoms with Crippen LogP contribution in [0.15, 0.2) is 0 Å². The number of hydrogen-bond donors (Lipinski definition) is 1. The van der Waals surface area contributed by atoms with Crippen molar-refractivity contribution in [3.8, 4) is 0 Å². The van der Waals surface area contributed by atoms with Gasteiger partial charge in [0.1, 0.15) is 0 Å². The number of hydrogen-bond acceptors (Lipinski definition) is 2. The summed E-state index contributed by atoms with van der Waals surface area (Å²) in [7, 11) is 0. The molecular weight excluding hydrogens is 132 g/mol. The number of aliphatic carboxylic acids is 1. The van der Waals surface area contributed by atoms with Crippen LogP contribution in [0.1, 0.15) is 12.8 Å². The van der Waals surface area contributed by atoms with Crippen LogP contribution < -0.4 is 0 Å². The predicted octanol–water partition coefficient (Wildman–Crippen LogP) is 0.496. The first kappa shape index (κ1) is 6.16. The zero-order valence-corrected chi connectivity index (χ0v) is 5.62. The minimum Gasteiger partial charge on any atom is -0.481 e. The molecule has 0 amide bonds. The van der Waals surface area contributed by atoms with E-state index in [1.807, 2.05) is 0 Å². The van der Waals surface area contributed by atoms with Gasteiger partial charge in [0.05, 0.1) is 12.0 Å². The molecule has 2 aliphatic rings. The lowest BCUT2D eigenvalue weighted by atomic mass is 10.2. The first-order chi connectivity index (χ1) is 4.80. The minimum atomic E-state index is -0.683. The lowest BCUT2D eigenvalue weighted by Gasteiger charge is -2.07. The molecule has 1 aliphatic heterocycles. The molecule has 10 heavy (non-hydrogen) atoms. The van der Waals surface area contributed by atoms with E-state index in [0.29, 0.717) is 5.92 Å². The Kier molecular flexibility index (Phi) is 1.20. The van der Waals surface area contributed by atoms with Gasteiger partial charge in [0.15, 0.2) is 0 Å². The van der Waals surface area contributed by atoms with Gasteiger partial charge in [-0.15, -0.1) is 0 Å². The van der Waals surface area contributed by atoms with E-state index in [0.717, 1.165) is 19.4 Å². The van der Waals surface area contributed by atoms with Crippen LogP contribution in [0.3, 0.4) is 0 Å². The Labute approximate surface area is 59.0 Å². The zero-order valence-electron chi connectivity index (χ0n) is 5.62. The van der Waals surface area contributed by atoms with Crippen molar-refractivity contribution in [3.63, 3.8) is 0 Å². The maximum absolute atomic E-state index is 10.4. The van der Waals surface area contributed by atoms with Crippen molar-refractivity contribution in [1.82, 2.24) is 0 Å². The van der Waals surface area contributed by atoms with Crippen LogP contribution in [0.5, 0.6) is 0 Å². The van der Waals surface area contributed by atoms with Gasteiger partial charge >= 0.3 is 5.97 Å². The van der Waals surface area contributed by atoms with Gasteiger partial charge in [0, 0.05) is 12.5 Å². The summed E-state index contributed by atoms with van der Waals surface area (Å²) in [5, 5.41) is 8.60. The molecule has 1 N–H and O–H groups in total. The monoisotopic (exact) mass is 142 g/mol. The van der Waals surface area contributed by atoms with Gasteiger partial charge in [0.2, 0.25) is 0 Å². The molecule has 1 aliphatic carbocycles. The molecule has 2 fully saturated rings. The summed E-state index contributed by atoms with van der Waals surface area (Å²) in [6.45, 7) is 0.755. The van der Waals surface area contributed by atoms with Crippen LogP contribution in [0.4, 0.5) is 0 Å². The van der Waals surface area contributed by atoms with Crippen molar-refractivity contribution in [1.29, 1.82) is 0 Å². The van der Waals surface area contributed by atoms with Gasteiger partial charge in [-0.25, -0.2) is 0 Å². The van der Waals surface area contributed by atoms with Crippen molar-refractivity contribution in [3.05, 3.63) is 0 Å². The zero-order chi connectivity index (χ0) is 7.14. The topological polar surface area (TPSA) is 46.5 Å². The van der Waals surface area contributed by atoms with Crippen molar-refractivity contribution in [2.24, 2.45) is 11.8 Å². The first-order valence-electron chi connectivity index (χ1n) is 3.65. The molecule has 0 aromatic heterocycles. The fraction of sp³-hybridized carbons (Fsp3) is 0.857. The highest BCUT2D eigenvalue weighted by atomic mass is 16.5. The van der Waals surface area contributed by atoms with Gasteiger partial charge in [-0.05, 0) is 12.8 Å². The van der Waals surface area contributed by atoms with Crippen LogP contribution in [-0.4, -0.2) is 23.8 Å². The van der Waals surface area contributed by atoms with Crippen LogP contribution in [0.2, 0.25) is 0 Å². The highest BCUT2D eigenvalue weighted by molar-refractivity contribution is 5.75. The lowest BCUT2D eigenvalue weighted by molar-refractivity contribution is -0.139. The molecule has 3 heteroatoms. The van der Waals surface area contributed by atoms with Gasteiger partial charge in [-0.2, -0.15) is 0 Å². The third-order valence-electron chi connectivity index (χ3n) is 2.37. The normalized spacial score (nSPS) is 44.2. The number of fused-ring (bicyclic) bond motifs is 1. The van der Waals surface area contributed by atoms with E-state index < -0.39 is 5.97 Å². The second-order valence-electron chi connectivity index (χ2n) is 3.01. The lowest BCUT2D eigenvalue weighted by Crippen LogP contribution is -2.07. The van der Waals surface area contributed by atoms with E-state index in [-0.39, 0.29) is 12.0 Å². The van der Waals surface area contributed by atoms with Gasteiger partial charge < -0.3 is 9.84 Å². The Morgan fingerprint density at radius 3 is 2.90 bits per heavy atom. The van der Waals surface area contributed by atoms with E-state index in [2.05, 4.69) is 0 Å². The second kappa shape index (κ2) is 1.95. The Bertz CT molecular complexity index is 154. The van der Waals surface area contributed by atoms with E-state index in [4.69, 9.17) is 9.84 Å². The summed E-state index contributed by atoms with van der Waals surface area (Å²) in [5.74, 6) is -0.523. The van der Waals surface area contributed by atoms with E-state index in [9.17, 15) is 4.79 Å². The van der Waals surface area contributed by atoms with Gasteiger partial charge in [0.25, 0.3) is 0 Å². The summed E-state index contributed by atoms with van der Waals surface area (Å²) in [6.07, 6.45) is 2.14. The van der Waals surface area contributed by atoms with E-state index in [1.54, 1.807) is 0 Å². The Balaban J connectivity index is 1.99. The van der Waals surface area contributed by atoms with Crippen LogP contribution in [-0.2, 0) is 9.53 Å². The van der Waals surface area contributed by atoms with Crippen molar-refractivity contribution < 1.29 is 14.6 Å². The molecule has 0 bridgehead atoms. The Morgan fingerprint density at radius 1 is 1.60 bits per heavy atom. The van der Waals surface area contributed by atoms with Crippen LogP contribution >= 0.6 is 0 Å². The fourth-order valence-corrected chi connectivity index (χ4v) is 1.78. The molecule has 3 nitrogen and oxygen atoms in total. The van der Waals surface area contributed by atoms with E-state index in [1.165, 1.54) is 0 Å². The summed E-state index contributed by atoms with van der Waals surface area (Å²) >= 11 is 0. The third-order valence-corrected chi connectivity index (χ3v) is 2.37. The summed E-state index contributed by atoms with van der Waals surface area (Å²) < 4.78 is 5.24. The summed E-state index contributed by atoms with van der Waals surface area (Å²) in [4.78, 5) is 10.4. The van der Waals surface area contributed by atoms with Crippen molar-refractivity contribution >= 4 is 5.97 Å². The standard InChI is InChI=1S/C7H10O3/c8-7(9)5-4-2-1-3-10-6(4)5/h4-6H,1-3H2,(H,8,9)/t4-,5+,6+/m0/s1. The highest BCUT2D eigenvalue weighted by Crippen LogP contribution is 2.47. The van der Waals surface area contributed by atoms with E-state index >= 15 is 0 Å². The number of carboxylic acid groups (broad SMARTS) is 1. The molecule has 0 spiro atoms. The van der Waals surface area contributed by atoms with Crippen LogP contribution in [0.25, 0.3) is 0 Å². The predicted molar refractivity (Wildman–Crippen MR) is 33.6 cm³/mol. The first-order valence-corrected chi connectivity index (χ1v) is 3.65. The molecule has 1 heterocycles. The quantitative estimate of drug-likeness (QED) is 0.579. The maximum atomic E-state index is 10.4. The average molecular weight is 142 g/mol. The molecule has 1 saturated heterocycles. The van der Waals surface area contributed by atoms with Gasteiger partial charge in [-0.3, -0.25) is 4.79 Å². The Hall–Kier alpha value is -0.570. The molecule has 3 atom stereocenters. The third kappa shape index (κ3) is 0.736. The molecule has 0 radical (unpaired) electrons. The average Bonchev–Trinajstić information content (AvgIpc) is 2.60. The molecule has 56 valence electrons. The highest BCUT2D eigenvalue weighted by Gasteiger charge is 2.57. The summed E-state index contributed by atoms with van der Waals surface area (Å²) in [5.41, 5.74) is 0. The number of carboxylic acids is 1. The number of ether oxygens (including phenoxy) is 1. The van der Waals surface area contributed by atoms with Gasteiger partial charge in [-0.1, -0.05) is 0 Å². The Morgan fingerprint density at radius 2 is 2.40 bits per heavy atom. The van der Waals surface area contributed by atoms with Crippen molar-refractivity contribution in [2.75, 3.05) is 6.61 Å². The maximum Gasteiger partial charge on any atom is 0.309 e. The number of rotatable bonds is 1. The van der Waals surface area contributed by atoms with Crippen molar-refractivity contribution in [2.45, 2.75) is 18.9 Å². The smallest absolute Gasteiger partial charge is 0.309 e. The van der Waals surface area contributed by atoms with Crippen LogP contribution in [0, 0.1) is 11.8 Å². The molecule has 2 rings (SSSR count). The molecule has 1 saturated carbocycles. The SMILES string of the molecule is O=C(O)[C@@H]1[C@@H]2CCCO[C@H]21. The second-order valence-corrected chi connectivity index (χ2v) is 3.01. The summed E-state index contributed by atoms with van der Waals surface area (Å²) in [6, 6.07) is 0.